The molecule has 0 bridgehead atoms. The number of ether oxygens (including phenoxy) is 2. The fraction of sp³-hybridized carbons (Fsp3) is 0.742. The van der Waals surface area contributed by atoms with Gasteiger partial charge in [0.1, 0.15) is 12.2 Å². The number of carbonyl (C=O) groups excluding carboxylic acids is 2. The van der Waals surface area contributed by atoms with Crippen molar-refractivity contribution in [3.8, 4) is 0 Å². The molecule has 3 aliphatic rings. The molecular weight excluding hydrogens is 468 g/mol. The molecule has 2 N–H and O–H groups in total. The van der Waals surface area contributed by atoms with E-state index in [4.69, 9.17) is 9.47 Å². The second-order valence-electron chi connectivity index (χ2n) is 12.5. The zero-order chi connectivity index (χ0) is 26.7. The Labute approximate surface area is 222 Å². The molecular formula is C31H46O6. The van der Waals surface area contributed by atoms with Gasteiger partial charge in [0.25, 0.3) is 0 Å². The number of cyclic esters (lactones) is 1. The number of benzene rings is 1. The van der Waals surface area contributed by atoms with Gasteiger partial charge < -0.3 is 19.7 Å². The highest BCUT2D eigenvalue weighted by molar-refractivity contribution is 5.76. The summed E-state index contributed by atoms with van der Waals surface area (Å²) < 4.78 is 11.9. The smallest absolute Gasteiger partial charge is 0.311 e. The molecule has 1 unspecified atom stereocenters. The summed E-state index contributed by atoms with van der Waals surface area (Å²) in [4.78, 5) is 25.1. The first kappa shape index (κ1) is 28.1. The van der Waals surface area contributed by atoms with Crippen LogP contribution in [0.1, 0.15) is 97.1 Å². The molecule has 1 aromatic rings. The monoisotopic (exact) mass is 514 g/mol. The molecule has 0 radical (unpaired) electrons. The molecule has 2 aliphatic carbocycles. The van der Waals surface area contributed by atoms with Crippen molar-refractivity contribution in [2.75, 3.05) is 0 Å². The van der Waals surface area contributed by atoms with E-state index in [1.807, 2.05) is 51.1 Å². The van der Waals surface area contributed by atoms with Crippen LogP contribution in [0.5, 0.6) is 0 Å². The predicted molar refractivity (Wildman–Crippen MR) is 141 cm³/mol. The number of hydrogen-bond donors (Lipinski definition) is 2. The van der Waals surface area contributed by atoms with E-state index in [0.29, 0.717) is 18.8 Å². The minimum Gasteiger partial charge on any atom is -0.462 e. The molecule has 1 heterocycles. The van der Waals surface area contributed by atoms with Gasteiger partial charge in [-0.05, 0) is 88.0 Å². The third-order valence-electron chi connectivity index (χ3n) is 9.76. The molecule has 37 heavy (non-hydrogen) atoms. The maximum atomic E-state index is 13.1. The van der Waals surface area contributed by atoms with Crippen molar-refractivity contribution < 1.29 is 29.3 Å². The molecule has 0 amide bonds. The summed E-state index contributed by atoms with van der Waals surface area (Å²) >= 11 is 0. The number of carbonyl (C=O) groups is 2. The third-order valence-corrected chi connectivity index (χ3v) is 9.76. The summed E-state index contributed by atoms with van der Waals surface area (Å²) in [6.45, 7) is 8.16. The van der Waals surface area contributed by atoms with Gasteiger partial charge in [0.05, 0.1) is 24.0 Å². The highest BCUT2D eigenvalue weighted by Gasteiger charge is 2.50. The zero-order valence-corrected chi connectivity index (χ0v) is 23.0. The molecule has 4 rings (SSSR count). The summed E-state index contributed by atoms with van der Waals surface area (Å²) in [5.74, 6) is 0.686. The van der Waals surface area contributed by atoms with Crippen LogP contribution in [0, 0.1) is 35.0 Å². The maximum absolute atomic E-state index is 13.1. The van der Waals surface area contributed by atoms with Gasteiger partial charge in [-0.3, -0.25) is 9.59 Å². The molecule has 0 spiro atoms. The van der Waals surface area contributed by atoms with Crippen molar-refractivity contribution >= 4 is 11.9 Å². The van der Waals surface area contributed by atoms with Crippen molar-refractivity contribution in [1.29, 1.82) is 0 Å². The largest absolute Gasteiger partial charge is 0.462 e. The van der Waals surface area contributed by atoms with Crippen LogP contribution < -0.4 is 0 Å². The van der Waals surface area contributed by atoms with Crippen molar-refractivity contribution in [3.63, 3.8) is 0 Å². The number of fused-ring (bicyclic) bond motifs is 1. The first-order valence-corrected chi connectivity index (χ1v) is 14.4. The van der Waals surface area contributed by atoms with Crippen LogP contribution in [0.4, 0.5) is 0 Å². The molecule has 2 saturated carbocycles. The molecule has 1 saturated heterocycles. The number of aliphatic hydroxyl groups excluding tert-OH is 2. The van der Waals surface area contributed by atoms with Crippen LogP contribution in [0.3, 0.4) is 0 Å². The fourth-order valence-electron chi connectivity index (χ4n) is 7.17. The molecule has 3 fully saturated rings. The van der Waals surface area contributed by atoms with Crippen LogP contribution in [0.2, 0.25) is 0 Å². The average Bonchev–Trinajstić information content (AvgIpc) is 2.87. The van der Waals surface area contributed by atoms with Crippen LogP contribution in [0.25, 0.3) is 0 Å². The van der Waals surface area contributed by atoms with Crippen LogP contribution >= 0.6 is 0 Å². The zero-order valence-electron chi connectivity index (χ0n) is 23.0. The fourth-order valence-corrected chi connectivity index (χ4v) is 7.17. The Morgan fingerprint density at radius 2 is 1.89 bits per heavy atom. The summed E-state index contributed by atoms with van der Waals surface area (Å²) in [5.41, 5.74) is 0.436. The lowest BCUT2D eigenvalue weighted by Crippen LogP contribution is -2.50. The maximum Gasteiger partial charge on any atom is 0.311 e. The number of hydrogen-bond acceptors (Lipinski definition) is 6. The third kappa shape index (κ3) is 6.39. The van der Waals surface area contributed by atoms with Crippen LogP contribution in [-0.4, -0.2) is 40.5 Å². The van der Waals surface area contributed by atoms with Gasteiger partial charge in [-0.25, -0.2) is 0 Å². The van der Waals surface area contributed by atoms with Gasteiger partial charge in [-0.1, -0.05) is 44.2 Å². The minimum atomic E-state index is -0.643. The van der Waals surface area contributed by atoms with E-state index in [2.05, 4.69) is 6.92 Å². The highest BCUT2D eigenvalue weighted by atomic mass is 16.6. The van der Waals surface area contributed by atoms with E-state index in [-0.39, 0.29) is 54.2 Å². The topological polar surface area (TPSA) is 93.1 Å². The second-order valence-corrected chi connectivity index (χ2v) is 12.5. The van der Waals surface area contributed by atoms with Gasteiger partial charge in [-0.15, -0.1) is 0 Å². The average molecular weight is 515 g/mol. The quantitative estimate of drug-likeness (QED) is 0.439. The van der Waals surface area contributed by atoms with E-state index in [0.717, 1.165) is 44.1 Å². The number of rotatable bonds is 8. The van der Waals surface area contributed by atoms with Gasteiger partial charge in [0.15, 0.2) is 0 Å². The molecule has 6 nitrogen and oxygen atoms in total. The van der Waals surface area contributed by atoms with Crippen molar-refractivity contribution in [3.05, 3.63) is 35.9 Å². The van der Waals surface area contributed by atoms with Crippen molar-refractivity contribution in [2.24, 2.45) is 35.0 Å². The molecule has 6 heteroatoms. The van der Waals surface area contributed by atoms with E-state index in [1.54, 1.807) is 0 Å². The van der Waals surface area contributed by atoms with Crippen molar-refractivity contribution in [2.45, 2.75) is 110 Å². The number of esters is 2. The van der Waals surface area contributed by atoms with E-state index in [1.165, 1.54) is 0 Å². The molecule has 206 valence electrons. The first-order valence-electron chi connectivity index (χ1n) is 14.4. The standard InChI is InChI=1S/C31H46O6/c1-5-31(3,4)30(35)37-26-13-9-12-21-16-25(29(34)20-10-7-6-8-11-20)19(2)24(28(21)26)15-14-23-17-22(32)18-27(33)36-23/h6-8,10-11,19,21-26,28-29,32,34H,5,9,12-18H2,1-4H3/t19-,21-,22+,23+,24-,25?,26-,28-,29+/m0/s1. The lowest BCUT2D eigenvalue weighted by atomic mass is 9.55. The van der Waals surface area contributed by atoms with E-state index in [9.17, 15) is 19.8 Å². The molecule has 9 atom stereocenters. The Kier molecular flexibility index (Phi) is 9.00. The predicted octanol–water partition coefficient (Wildman–Crippen LogP) is 5.60. The Bertz CT molecular complexity index is 914. The summed E-state index contributed by atoms with van der Waals surface area (Å²) in [6, 6.07) is 9.91. The normalized spacial score (nSPS) is 35.2. The second kappa shape index (κ2) is 11.9. The van der Waals surface area contributed by atoms with Gasteiger partial charge in [0.2, 0.25) is 0 Å². The SMILES string of the molecule is CCC(C)(C)C(=O)O[C@H]1CCC[C@H]2CC([C@H](O)c3ccccc3)[C@@H](C)[C@H](CC[C@@H]3C[C@@H](O)CC(=O)O3)[C@H]21. The van der Waals surface area contributed by atoms with Crippen LogP contribution in [-0.2, 0) is 19.1 Å². The van der Waals surface area contributed by atoms with E-state index >= 15 is 0 Å². The van der Waals surface area contributed by atoms with E-state index < -0.39 is 17.6 Å². The van der Waals surface area contributed by atoms with Gasteiger partial charge >= 0.3 is 11.9 Å². The highest BCUT2D eigenvalue weighted by Crippen LogP contribution is 2.54. The minimum absolute atomic E-state index is 0.0671. The molecule has 0 aromatic heterocycles. The van der Waals surface area contributed by atoms with Crippen LogP contribution in [0.15, 0.2) is 30.3 Å². The van der Waals surface area contributed by atoms with Crippen molar-refractivity contribution in [1.82, 2.24) is 0 Å². The Hall–Kier alpha value is -1.92. The summed E-state index contributed by atoms with van der Waals surface area (Å²) in [5, 5.41) is 21.6. The lowest BCUT2D eigenvalue weighted by Gasteiger charge is -2.52. The summed E-state index contributed by atoms with van der Waals surface area (Å²) in [7, 11) is 0. The Morgan fingerprint density at radius 1 is 1.16 bits per heavy atom. The molecule has 1 aliphatic heterocycles. The number of aliphatic hydroxyl groups is 2. The first-order chi connectivity index (χ1) is 17.6. The summed E-state index contributed by atoms with van der Waals surface area (Å²) in [6.07, 6.45) is 5.05. The Balaban J connectivity index is 1.58. The van der Waals surface area contributed by atoms with Gasteiger partial charge in [-0.2, -0.15) is 0 Å². The lowest BCUT2D eigenvalue weighted by molar-refractivity contribution is -0.175. The van der Waals surface area contributed by atoms with Gasteiger partial charge in [0, 0.05) is 12.3 Å². The Morgan fingerprint density at radius 3 is 2.57 bits per heavy atom. The molecule has 1 aromatic carbocycles.